The van der Waals surface area contributed by atoms with Gasteiger partial charge in [0.1, 0.15) is 0 Å². The summed E-state index contributed by atoms with van der Waals surface area (Å²) in [5, 5.41) is 3.18. The minimum atomic E-state index is -0.420. The minimum Gasteiger partial charge on any atom is -0.350 e. The normalized spacial score (nSPS) is 11.2. The highest BCUT2D eigenvalue weighted by atomic mass is 35.5. The number of hydrogen-bond acceptors (Lipinski definition) is 2. The van der Waals surface area contributed by atoms with Gasteiger partial charge in [-0.2, -0.15) is 0 Å². The van der Waals surface area contributed by atoms with E-state index in [1.807, 2.05) is 13.8 Å². The van der Waals surface area contributed by atoms with Crippen molar-refractivity contribution >= 4 is 17.5 Å². The zero-order valence-corrected chi connectivity index (χ0v) is 9.64. The number of halogens is 1. The summed E-state index contributed by atoms with van der Waals surface area (Å²) in [5.41, 5.74) is 5.81. The van der Waals surface area contributed by atoms with Gasteiger partial charge in [0.25, 0.3) is 5.91 Å². The third kappa shape index (κ3) is 3.90. The molecule has 0 aromatic heterocycles. The molecule has 0 fully saturated rings. The first-order valence-electron chi connectivity index (χ1n) is 4.72. The molecular weight excluding hydrogens is 212 g/mol. The summed E-state index contributed by atoms with van der Waals surface area (Å²) in [7, 11) is 0. The standard InChI is InChI=1S/C11H15ClN2O/c1-11(2,13)7-14-10(15)8-5-3-4-6-9(8)12/h3-6H,7,13H2,1-2H3,(H,14,15). The van der Waals surface area contributed by atoms with E-state index < -0.39 is 5.54 Å². The first-order valence-corrected chi connectivity index (χ1v) is 5.09. The van der Waals surface area contributed by atoms with E-state index in [1.54, 1.807) is 24.3 Å². The molecule has 0 aliphatic carbocycles. The van der Waals surface area contributed by atoms with Crippen LogP contribution in [0.5, 0.6) is 0 Å². The van der Waals surface area contributed by atoms with Gasteiger partial charge in [-0.15, -0.1) is 0 Å². The molecule has 0 atom stereocenters. The molecule has 0 aliphatic heterocycles. The third-order valence-corrected chi connectivity index (χ3v) is 2.15. The summed E-state index contributed by atoms with van der Waals surface area (Å²) < 4.78 is 0. The highest BCUT2D eigenvalue weighted by Gasteiger charge is 2.14. The van der Waals surface area contributed by atoms with Gasteiger partial charge in [-0.3, -0.25) is 4.79 Å². The monoisotopic (exact) mass is 226 g/mol. The fourth-order valence-corrected chi connectivity index (χ4v) is 1.27. The molecule has 0 radical (unpaired) electrons. The molecule has 0 saturated heterocycles. The van der Waals surface area contributed by atoms with Crippen LogP contribution in [0.4, 0.5) is 0 Å². The van der Waals surface area contributed by atoms with E-state index in [-0.39, 0.29) is 5.91 Å². The van der Waals surface area contributed by atoms with Gasteiger partial charge in [-0.05, 0) is 26.0 Å². The van der Waals surface area contributed by atoms with Crippen molar-refractivity contribution < 1.29 is 4.79 Å². The molecule has 3 nitrogen and oxygen atoms in total. The summed E-state index contributed by atoms with van der Waals surface area (Å²) in [6.45, 7) is 4.11. The van der Waals surface area contributed by atoms with Gasteiger partial charge in [-0.25, -0.2) is 0 Å². The predicted molar refractivity (Wildman–Crippen MR) is 62.1 cm³/mol. The van der Waals surface area contributed by atoms with Crippen LogP contribution in [0, 0.1) is 0 Å². The van der Waals surface area contributed by atoms with E-state index in [0.29, 0.717) is 17.1 Å². The largest absolute Gasteiger partial charge is 0.350 e. The van der Waals surface area contributed by atoms with E-state index in [4.69, 9.17) is 17.3 Å². The highest BCUT2D eigenvalue weighted by molar-refractivity contribution is 6.33. The van der Waals surface area contributed by atoms with Crippen LogP contribution in [0.2, 0.25) is 5.02 Å². The van der Waals surface area contributed by atoms with Crippen molar-refractivity contribution in [2.45, 2.75) is 19.4 Å². The van der Waals surface area contributed by atoms with Crippen molar-refractivity contribution in [3.8, 4) is 0 Å². The second-order valence-electron chi connectivity index (χ2n) is 4.15. The number of rotatable bonds is 3. The zero-order valence-electron chi connectivity index (χ0n) is 8.88. The van der Waals surface area contributed by atoms with Crippen molar-refractivity contribution in [3.05, 3.63) is 34.9 Å². The number of hydrogen-bond donors (Lipinski definition) is 2. The van der Waals surface area contributed by atoms with Crippen LogP contribution in [-0.4, -0.2) is 18.0 Å². The molecule has 0 aliphatic rings. The lowest BCUT2D eigenvalue weighted by atomic mass is 10.1. The van der Waals surface area contributed by atoms with Crippen molar-refractivity contribution in [2.24, 2.45) is 5.73 Å². The van der Waals surface area contributed by atoms with E-state index in [2.05, 4.69) is 5.32 Å². The van der Waals surface area contributed by atoms with Crippen LogP contribution < -0.4 is 11.1 Å². The average molecular weight is 227 g/mol. The number of nitrogens with two attached hydrogens (primary N) is 1. The van der Waals surface area contributed by atoms with Crippen LogP contribution >= 0.6 is 11.6 Å². The quantitative estimate of drug-likeness (QED) is 0.826. The van der Waals surface area contributed by atoms with E-state index >= 15 is 0 Å². The molecule has 0 bridgehead atoms. The van der Waals surface area contributed by atoms with E-state index in [0.717, 1.165) is 0 Å². The Morgan fingerprint density at radius 2 is 2.07 bits per heavy atom. The molecule has 3 N–H and O–H groups in total. The van der Waals surface area contributed by atoms with Crippen LogP contribution in [0.1, 0.15) is 24.2 Å². The molecule has 0 unspecified atom stereocenters. The van der Waals surface area contributed by atoms with E-state index in [9.17, 15) is 4.79 Å². The molecule has 15 heavy (non-hydrogen) atoms. The van der Waals surface area contributed by atoms with Crippen molar-refractivity contribution in [1.29, 1.82) is 0 Å². The number of amides is 1. The maximum atomic E-state index is 11.7. The Labute approximate surface area is 94.6 Å². The Bertz CT molecular complexity index is 358. The van der Waals surface area contributed by atoms with Crippen LogP contribution in [0.15, 0.2) is 24.3 Å². The molecule has 1 amide bonds. The fourth-order valence-electron chi connectivity index (χ4n) is 1.05. The Morgan fingerprint density at radius 3 is 2.60 bits per heavy atom. The van der Waals surface area contributed by atoms with Crippen LogP contribution in [0.3, 0.4) is 0 Å². The smallest absolute Gasteiger partial charge is 0.252 e. The van der Waals surface area contributed by atoms with Gasteiger partial charge < -0.3 is 11.1 Å². The summed E-state index contributed by atoms with van der Waals surface area (Å²) in [6.07, 6.45) is 0. The lowest BCUT2D eigenvalue weighted by Crippen LogP contribution is -2.45. The predicted octanol–water partition coefficient (Wildman–Crippen LogP) is 1.81. The van der Waals surface area contributed by atoms with Crippen molar-refractivity contribution in [3.63, 3.8) is 0 Å². The first-order chi connectivity index (χ1) is 6.90. The topological polar surface area (TPSA) is 55.1 Å². The van der Waals surface area contributed by atoms with Crippen molar-refractivity contribution in [1.82, 2.24) is 5.32 Å². The Kier molecular flexibility index (Phi) is 3.72. The van der Waals surface area contributed by atoms with Gasteiger partial charge in [0.05, 0.1) is 10.6 Å². The Hall–Kier alpha value is -1.06. The van der Waals surface area contributed by atoms with Gasteiger partial charge in [-0.1, -0.05) is 23.7 Å². The molecule has 1 aromatic carbocycles. The first kappa shape index (κ1) is 12.0. The molecule has 82 valence electrons. The average Bonchev–Trinajstić information content (AvgIpc) is 2.14. The van der Waals surface area contributed by atoms with Gasteiger partial charge in [0.2, 0.25) is 0 Å². The maximum Gasteiger partial charge on any atom is 0.252 e. The second-order valence-corrected chi connectivity index (χ2v) is 4.56. The Balaban J connectivity index is 2.66. The summed E-state index contributed by atoms with van der Waals surface area (Å²) in [6, 6.07) is 6.92. The molecular formula is C11H15ClN2O. The SMILES string of the molecule is CC(C)(N)CNC(=O)c1ccccc1Cl. The van der Waals surface area contributed by atoms with Gasteiger partial charge in [0, 0.05) is 12.1 Å². The highest BCUT2D eigenvalue weighted by Crippen LogP contribution is 2.14. The molecule has 1 rings (SSSR count). The molecule has 4 heteroatoms. The minimum absolute atomic E-state index is 0.195. The number of carbonyl (C=O) groups excluding carboxylic acids is 1. The molecule has 0 spiro atoms. The molecule has 0 saturated carbocycles. The lowest BCUT2D eigenvalue weighted by Gasteiger charge is -2.19. The maximum absolute atomic E-state index is 11.7. The summed E-state index contributed by atoms with van der Waals surface area (Å²) in [5.74, 6) is -0.195. The van der Waals surface area contributed by atoms with Crippen LogP contribution in [-0.2, 0) is 0 Å². The van der Waals surface area contributed by atoms with Crippen LogP contribution in [0.25, 0.3) is 0 Å². The van der Waals surface area contributed by atoms with Gasteiger partial charge >= 0.3 is 0 Å². The second kappa shape index (κ2) is 4.64. The summed E-state index contributed by atoms with van der Waals surface area (Å²) in [4.78, 5) is 11.7. The fraction of sp³-hybridized carbons (Fsp3) is 0.364. The van der Waals surface area contributed by atoms with Crippen molar-refractivity contribution in [2.75, 3.05) is 6.54 Å². The van der Waals surface area contributed by atoms with Gasteiger partial charge in [0.15, 0.2) is 0 Å². The molecule has 0 heterocycles. The number of benzene rings is 1. The lowest BCUT2D eigenvalue weighted by molar-refractivity contribution is 0.0946. The third-order valence-electron chi connectivity index (χ3n) is 1.82. The molecule has 1 aromatic rings. The zero-order chi connectivity index (χ0) is 11.5. The number of nitrogens with one attached hydrogen (secondary N) is 1. The Morgan fingerprint density at radius 1 is 1.47 bits per heavy atom. The summed E-state index contributed by atoms with van der Waals surface area (Å²) >= 11 is 5.88. The van der Waals surface area contributed by atoms with E-state index in [1.165, 1.54) is 0 Å². The number of carbonyl (C=O) groups is 1.